The number of piperidine rings is 2. The first-order valence-corrected chi connectivity index (χ1v) is 13.2. The lowest BCUT2D eigenvalue weighted by atomic mass is 9.68. The van der Waals surface area contributed by atoms with Crippen LogP contribution in [0.25, 0.3) is 0 Å². The van der Waals surface area contributed by atoms with Gasteiger partial charge in [-0.25, -0.2) is 9.78 Å². The number of hydrogen-bond donors (Lipinski definition) is 2. The number of thiazole rings is 1. The summed E-state index contributed by atoms with van der Waals surface area (Å²) >= 11 is 1.71. The van der Waals surface area contributed by atoms with Gasteiger partial charge in [0.25, 0.3) is 0 Å². The summed E-state index contributed by atoms with van der Waals surface area (Å²) in [5, 5.41) is 16.9. The lowest BCUT2D eigenvalue weighted by Gasteiger charge is -2.51. The molecule has 0 spiro atoms. The minimum absolute atomic E-state index is 0.399. The lowest BCUT2D eigenvalue weighted by molar-refractivity contribution is -0.00153. The average Bonchev–Trinajstić information content (AvgIpc) is 3.36. The Morgan fingerprint density at radius 2 is 1.97 bits per heavy atom. The van der Waals surface area contributed by atoms with Crippen LogP contribution in [-0.2, 0) is 18.4 Å². The molecule has 2 N–H and O–H groups in total. The second-order valence-electron chi connectivity index (χ2n) is 9.53. The predicted octanol–water partition coefficient (Wildman–Crippen LogP) is 5.70. The Bertz CT molecular complexity index is 848. The quantitative estimate of drug-likeness (QED) is 0.536. The second kappa shape index (κ2) is 10.8. The first kappa shape index (κ1) is 23.2. The molecule has 2 fully saturated rings. The fourth-order valence-corrected chi connectivity index (χ4v) is 6.51. The number of rotatable bonds is 8. The topological polar surface area (TPSA) is 65.5 Å². The molecule has 0 bridgehead atoms. The minimum atomic E-state index is -0.766. The third-order valence-corrected chi connectivity index (χ3v) is 8.51. The highest BCUT2D eigenvalue weighted by Gasteiger charge is 2.47. The Balaban J connectivity index is 1.59. The monoisotopic (exact) mass is 455 g/mol. The van der Waals surface area contributed by atoms with Crippen molar-refractivity contribution in [3.63, 3.8) is 0 Å². The number of aryl methyl sites for hydroxylation is 2. The van der Waals surface area contributed by atoms with E-state index in [2.05, 4.69) is 41.5 Å². The van der Waals surface area contributed by atoms with Gasteiger partial charge in [0.15, 0.2) is 0 Å². The normalized spacial score (nSPS) is 24.5. The molecule has 3 heterocycles. The van der Waals surface area contributed by atoms with Gasteiger partial charge >= 0.3 is 6.09 Å². The summed E-state index contributed by atoms with van der Waals surface area (Å²) in [4.78, 5) is 18.6. The molecule has 2 atom stereocenters. The van der Waals surface area contributed by atoms with Gasteiger partial charge in [0.1, 0.15) is 0 Å². The number of nitrogens with one attached hydrogen (secondary N) is 1. The molecule has 32 heavy (non-hydrogen) atoms. The highest BCUT2D eigenvalue weighted by molar-refractivity contribution is 7.09. The Morgan fingerprint density at radius 3 is 2.62 bits per heavy atom. The number of carboxylic acid groups (broad SMARTS) is 1. The molecule has 1 unspecified atom stereocenters. The van der Waals surface area contributed by atoms with Crippen LogP contribution in [0, 0.1) is 11.8 Å². The van der Waals surface area contributed by atoms with Crippen molar-refractivity contribution < 1.29 is 9.90 Å². The number of amides is 1. The number of unbranched alkanes of at least 4 members (excludes halogenated alkanes) is 1. The largest absolute Gasteiger partial charge is 0.465 e. The van der Waals surface area contributed by atoms with Gasteiger partial charge in [-0.2, -0.15) is 0 Å². The zero-order valence-corrected chi connectivity index (χ0v) is 20.1. The Labute approximate surface area is 196 Å². The number of likely N-dealkylation sites (tertiary alicyclic amines) is 1. The summed E-state index contributed by atoms with van der Waals surface area (Å²) in [5.41, 5.74) is 2.08. The van der Waals surface area contributed by atoms with Crippen LogP contribution in [0.4, 0.5) is 4.79 Å². The Kier molecular flexibility index (Phi) is 7.84. The fraction of sp³-hybridized carbons (Fsp3) is 0.615. The van der Waals surface area contributed by atoms with Crippen LogP contribution in [0.15, 0.2) is 35.8 Å². The van der Waals surface area contributed by atoms with Gasteiger partial charge in [-0.05, 0) is 74.6 Å². The van der Waals surface area contributed by atoms with Crippen molar-refractivity contribution in [2.45, 2.75) is 70.3 Å². The van der Waals surface area contributed by atoms with Crippen LogP contribution in [0.3, 0.4) is 0 Å². The van der Waals surface area contributed by atoms with Gasteiger partial charge in [-0.15, -0.1) is 11.3 Å². The van der Waals surface area contributed by atoms with Gasteiger partial charge in [0.05, 0.1) is 10.5 Å². The summed E-state index contributed by atoms with van der Waals surface area (Å²) in [5.74, 6) is 1.32. The highest BCUT2D eigenvalue weighted by Crippen LogP contribution is 2.47. The molecule has 2 aliphatic rings. The van der Waals surface area contributed by atoms with Crippen molar-refractivity contribution in [2.75, 3.05) is 19.6 Å². The molecule has 2 aromatic rings. The molecule has 1 aromatic heterocycles. The molecule has 0 aliphatic carbocycles. The maximum absolute atomic E-state index is 12.4. The number of aromatic nitrogens is 1. The summed E-state index contributed by atoms with van der Waals surface area (Å²) in [6, 6.07) is 8.86. The highest BCUT2D eigenvalue weighted by atomic mass is 32.1. The van der Waals surface area contributed by atoms with Gasteiger partial charge < -0.3 is 10.4 Å². The standard InChI is InChI=1S/C26H37N3O2S/c1-2-3-13-26(23-7-4-20(5-8-23)6-9-24-28-16-18-32-24)19-22(12-17-29(26)25(30)31)21-10-14-27-15-11-21/h4-5,7-8,16,18,21-22,27H,2-3,6,9-15,17,19H2,1H3,(H,30,31)/t22?,26-/m1/s1. The third kappa shape index (κ3) is 5.18. The van der Waals surface area contributed by atoms with Gasteiger partial charge in [-0.1, -0.05) is 44.0 Å². The van der Waals surface area contributed by atoms with E-state index in [0.717, 1.165) is 58.0 Å². The van der Waals surface area contributed by atoms with Crippen molar-refractivity contribution in [3.05, 3.63) is 52.0 Å². The van der Waals surface area contributed by atoms with E-state index in [0.29, 0.717) is 18.4 Å². The third-order valence-electron chi connectivity index (χ3n) is 7.67. The van der Waals surface area contributed by atoms with Crippen molar-refractivity contribution >= 4 is 17.4 Å². The molecule has 2 saturated heterocycles. The van der Waals surface area contributed by atoms with E-state index >= 15 is 0 Å². The Hall–Kier alpha value is -1.92. The fourth-order valence-electron chi connectivity index (χ4n) is 5.89. The maximum Gasteiger partial charge on any atom is 0.408 e. The van der Waals surface area contributed by atoms with Crippen molar-refractivity contribution in [1.82, 2.24) is 15.2 Å². The number of nitrogens with zero attached hydrogens (tertiary/aromatic N) is 2. The zero-order chi connectivity index (χ0) is 22.4. The maximum atomic E-state index is 12.4. The van der Waals surface area contributed by atoms with Gasteiger partial charge in [0, 0.05) is 24.5 Å². The second-order valence-corrected chi connectivity index (χ2v) is 10.5. The molecule has 174 valence electrons. The van der Waals surface area contributed by atoms with Gasteiger partial charge in [-0.3, -0.25) is 4.90 Å². The van der Waals surface area contributed by atoms with E-state index < -0.39 is 11.6 Å². The summed E-state index contributed by atoms with van der Waals surface area (Å²) in [6.45, 7) is 5.05. The van der Waals surface area contributed by atoms with Crippen LogP contribution in [0.1, 0.15) is 68.0 Å². The predicted molar refractivity (Wildman–Crippen MR) is 130 cm³/mol. The molecule has 1 aromatic carbocycles. The molecule has 0 radical (unpaired) electrons. The SMILES string of the molecule is CCCC[C@]1(c2ccc(CCc3nccs3)cc2)CC(C2CCNCC2)CCN1C(=O)O. The first-order chi connectivity index (χ1) is 15.6. The number of hydrogen-bond acceptors (Lipinski definition) is 4. The van der Waals surface area contributed by atoms with Crippen LogP contribution >= 0.6 is 11.3 Å². The number of carbonyl (C=O) groups is 1. The van der Waals surface area contributed by atoms with E-state index in [4.69, 9.17) is 0 Å². The summed E-state index contributed by atoms with van der Waals surface area (Å²) in [7, 11) is 0. The first-order valence-electron chi connectivity index (χ1n) is 12.3. The van der Waals surface area contributed by atoms with E-state index in [1.54, 1.807) is 16.2 Å². The van der Waals surface area contributed by atoms with Crippen LogP contribution in [0.2, 0.25) is 0 Å². The molecule has 2 aliphatic heterocycles. The summed E-state index contributed by atoms with van der Waals surface area (Å²) in [6.07, 6.45) is 10.5. The van der Waals surface area contributed by atoms with Crippen LogP contribution < -0.4 is 5.32 Å². The molecule has 0 saturated carbocycles. The smallest absolute Gasteiger partial charge is 0.408 e. The van der Waals surface area contributed by atoms with Gasteiger partial charge in [0.2, 0.25) is 0 Å². The van der Waals surface area contributed by atoms with Crippen LogP contribution in [0.5, 0.6) is 0 Å². The molecule has 4 rings (SSSR count). The number of benzene rings is 1. The zero-order valence-electron chi connectivity index (χ0n) is 19.3. The Morgan fingerprint density at radius 1 is 1.19 bits per heavy atom. The summed E-state index contributed by atoms with van der Waals surface area (Å²) < 4.78 is 0. The van der Waals surface area contributed by atoms with Crippen molar-refractivity contribution in [1.29, 1.82) is 0 Å². The molecule has 1 amide bonds. The molecular weight excluding hydrogens is 418 g/mol. The van der Waals surface area contributed by atoms with Crippen molar-refractivity contribution in [3.8, 4) is 0 Å². The van der Waals surface area contributed by atoms with E-state index in [1.807, 2.05) is 11.6 Å². The van der Waals surface area contributed by atoms with E-state index in [9.17, 15) is 9.90 Å². The minimum Gasteiger partial charge on any atom is -0.465 e. The van der Waals surface area contributed by atoms with E-state index in [-0.39, 0.29) is 0 Å². The van der Waals surface area contributed by atoms with E-state index in [1.165, 1.54) is 29.0 Å². The van der Waals surface area contributed by atoms with Crippen LogP contribution in [-0.4, -0.2) is 40.7 Å². The molecular formula is C26H37N3O2S. The molecule has 5 nitrogen and oxygen atoms in total. The average molecular weight is 456 g/mol. The molecule has 6 heteroatoms. The lowest BCUT2D eigenvalue weighted by Crippen LogP contribution is -2.55. The van der Waals surface area contributed by atoms with Crippen molar-refractivity contribution in [2.24, 2.45) is 11.8 Å².